The lowest BCUT2D eigenvalue weighted by atomic mass is 10.1. The lowest BCUT2D eigenvalue weighted by Gasteiger charge is -2.15. The minimum atomic E-state index is -1.02. The van der Waals surface area contributed by atoms with Crippen LogP contribution in [0.1, 0.15) is 23.7 Å². The van der Waals surface area contributed by atoms with Gasteiger partial charge in [0, 0.05) is 18.2 Å². The number of rotatable bonds is 3. The molecule has 7 heteroatoms. The number of nitrogens with one attached hydrogen (secondary N) is 1. The number of nitrogens with zero attached hydrogens (tertiary/aromatic N) is 1. The zero-order valence-corrected chi connectivity index (χ0v) is 10.3. The second-order valence-electron chi connectivity index (χ2n) is 4.37. The van der Waals surface area contributed by atoms with E-state index in [1.807, 2.05) is 6.92 Å². The summed E-state index contributed by atoms with van der Waals surface area (Å²) in [5.41, 5.74) is -0.587. The van der Waals surface area contributed by atoms with Crippen LogP contribution < -0.4 is 5.32 Å². The monoisotopic (exact) mass is 268 g/mol. The van der Waals surface area contributed by atoms with Gasteiger partial charge < -0.3 is 10.1 Å². The van der Waals surface area contributed by atoms with E-state index in [1.54, 1.807) is 0 Å². The molecule has 2 atom stereocenters. The summed E-state index contributed by atoms with van der Waals surface area (Å²) in [6, 6.07) is 2.97. The van der Waals surface area contributed by atoms with Gasteiger partial charge in [0.25, 0.3) is 5.91 Å². The Kier molecular flexibility index (Phi) is 3.75. The van der Waals surface area contributed by atoms with Crippen molar-refractivity contribution in [1.29, 1.82) is 0 Å². The van der Waals surface area contributed by atoms with Crippen LogP contribution in [0, 0.1) is 15.9 Å². The fourth-order valence-electron chi connectivity index (χ4n) is 1.97. The molecule has 1 aromatic carbocycles. The Morgan fingerprint density at radius 3 is 2.84 bits per heavy atom. The third-order valence-electron chi connectivity index (χ3n) is 3.10. The summed E-state index contributed by atoms with van der Waals surface area (Å²) in [7, 11) is 0. The molecule has 1 fully saturated rings. The Balaban J connectivity index is 2.11. The molecule has 1 N–H and O–H groups in total. The number of hydrogen-bond donors (Lipinski definition) is 1. The average molecular weight is 268 g/mol. The maximum absolute atomic E-state index is 13.4. The maximum Gasteiger partial charge on any atom is 0.304 e. The molecule has 102 valence electrons. The maximum atomic E-state index is 13.4. The highest BCUT2D eigenvalue weighted by Crippen LogP contribution is 2.19. The van der Waals surface area contributed by atoms with Gasteiger partial charge in [-0.25, -0.2) is 0 Å². The molecule has 1 heterocycles. The number of nitro groups is 1. The first kappa shape index (κ1) is 13.4. The molecule has 2 rings (SSSR count). The molecule has 0 radical (unpaired) electrons. The second-order valence-corrected chi connectivity index (χ2v) is 4.37. The van der Waals surface area contributed by atoms with Crippen molar-refractivity contribution in [2.75, 3.05) is 6.61 Å². The summed E-state index contributed by atoms with van der Waals surface area (Å²) >= 11 is 0. The quantitative estimate of drug-likeness (QED) is 0.667. The van der Waals surface area contributed by atoms with E-state index < -0.39 is 22.3 Å². The van der Waals surface area contributed by atoms with Crippen molar-refractivity contribution in [3.8, 4) is 0 Å². The van der Waals surface area contributed by atoms with Gasteiger partial charge in [-0.3, -0.25) is 14.9 Å². The minimum absolute atomic E-state index is 0.0576. The number of amides is 1. The number of nitro benzene ring substituents is 1. The average Bonchev–Trinajstić information content (AvgIpc) is 2.74. The molecule has 1 saturated heterocycles. The molecular formula is C12H13FN2O4. The molecule has 6 nitrogen and oxygen atoms in total. The number of carbonyl (C=O) groups is 1. The van der Waals surface area contributed by atoms with Crippen LogP contribution in [0.5, 0.6) is 0 Å². The number of benzene rings is 1. The van der Waals surface area contributed by atoms with Gasteiger partial charge in [0.05, 0.1) is 17.1 Å². The Hall–Kier alpha value is -2.02. The first-order valence-corrected chi connectivity index (χ1v) is 5.85. The summed E-state index contributed by atoms with van der Waals surface area (Å²) in [6.45, 7) is 2.41. The van der Waals surface area contributed by atoms with E-state index in [0.29, 0.717) is 13.0 Å². The standard InChI is InChI=1S/C12H13FN2O4/c1-7-10(4-5-19-7)14-12(16)8-2-3-11(15(17)18)9(13)6-8/h2-3,6-7,10H,4-5H2,1H3,(H,14,16). The van der Waals surface area contributed by atoms with Crippen LogP contribution in [0.2, 0.25) is 0 Å². The highest BCUT2D eigenvalue weighted by molar-refractivity contribution is 5.94. The van der Waals surface area contributed by atoms with Crippen LogP contribution in [0.3, 0.4) is 0 Å². The molecule has 0 spiro atoms. The molecular weight excluding hydrogens is 255 g/mol. The molecule has 1 aliphatic heterocycles. The van der Waals surface area contributed by atoms with Crippen LogP contribution in [0.4, 0.5) is 10.1 Å². The molecule has 1 aliphatic rings. The van der Waals surface area contributed by atoms with Crippen molar-refractivity contribution in [3.05, 3.63) is 39.7 Å². The summed E-state index contributed by atoms with van der Waals surface area (Å²) in [6.07, 6.45) is 0.606. The molecule has 1 aromatic rings. The number of halogens is 1. The zero-order chi connectivity index (χ0) is 14.0. The number of carbonyl (C=O) groups excluding carboxylic acids is 1. The SMILES string of the molecule is CC1OCCC1NC(=O)c1ccc([N+](=O)[O-])c(F)c1. The zero-order valence-electron chi connectivity index (χ0n) is 10.3. The van der Waals surface area contributed by atoms with Crippen LogP contribution in [0.15, 0.2) is 18.2 Å². The topological polar surface area (TPSA) is 81.5 Å². The third kappa shape index (κ3) is 2.87. The van der Waals surface area contributed by atoms with E-state index in [0.717, 1.165) is 12.1 Å². The highest BCUT2D eigenvalue weighted by atomic mass is 19.1. The van der Waals surface area contributed by atoms with Gasteiger partial charge in [-0.15, -0.1) is 0 Å². The molecule has 0 bridgehead atoms. The normalized spacial score (nSPS) is 22.2. The molecule has 2 unspecified atom stereocenters. The van der Waals surface area contributed by atoms with Gasteiger partial charge >= 0.3 is 5.69 Å². The summed E-state index contributed by atoms with van der Waals surface area (Å²) in [5.74, 6) is -1.48. The van der Waals surface area contributed by atoms with Gasteiger partial charge in [-0.2, -0.15) is 4.39 Å². The van der Waals surface area contributed by atoms with Crippen molar-refractivity contribution in [2.45, 2.75) is 25.5 Å². The second kappa shape index (κ2) is 5.31. The van der Waals surface area contributed by atoms with Gasteiger partial charge in [-0.1, -0.05) is 0 Å². The number of hydrogen-bond acceptors (Lipinski definition) is 4. The first-order chi connectivity index (χ1) is 8.99. The smallest absolute Gasteiger partial charge is 0.304 e. The van der Waals surface area contributed by atoms with Crippen LogP contribution in [0.25, 0.3) is 0 Å². The van der Waals surface area contributed by atoms with Gasteiger partial charge in [0.15, 0.2) is 0 Å². The van der Waals surface area contributed by atoms with E-state index >= 15 is 0 Å². The third-order valence-corrected chi connectivity index (χ3v) is 3.10. The van der Waals surface area contributed by atoms with Crippen molar-refractivity contribution in [2.24, 2.45) is 0 Å². The lowest BCUT2D eigenvalue weighted by Crippen LogP contribution is -2.39. The predicted molar refractivity (Wildman–Crippen MR) is 64.3 cm³/mol. The molecule has 0 saturated carbocycles. The lowest BCUT2D eigenvalue weighted by molar-refractivity contribution is -0.387. The Morgan fingerprint density at radius 2 is 2.32 bits per heavy atom. The van der Waals surface area contributed by atoms with Crippen molar-refractivity contribution >= 4 is 11.6 Å². The van der Waals surface area contributed by atoms with E-state index in [4.69, 9.17) is 4.74 Å². The summed E-state index contributed by atoms with van der Waals surface area (Å²) in [5, 5.41) is 13.2. The van der Waals surface area contributed by atoms with Gasteiger partial charge in [0.1, 0.15) is 0 Å². The van der Waals surface area contributed by atoms with E-state index in [-0.39, 0.29) is 17.7 Å². The van der Waals surface area contributed by atoms with Crippen molar-refractivity contribution in [3.63, 3.8) is 0 Å². The Labute approximate surface area is 108 Å². The Bertz CT molecular complexity index is 520. The molecule has 1 amide bonds. The van der Waals surface area contributed by atoms with Gasteiger partial charge in [0.2, 0.25) is 5.82 Å². The van der Waals surface area contributed by atoms with Crippen molar-refractivity contribution < 1.29 is 18.8 Å². The first-order valence-electron chi connectivity index (χ1n) is 5.85. The fraction of sp³-hybridized carbons (Fsp3) is 0.417. The van der Waals surface area contributed by atoms with E-state index in [2.05, 4.69) is 5.32 Å². The van der Waals surface area contributed by atoms with Crippen LogP contribution >= 0.6 is 0 Å². The van der Waals surface area contributed by atoms with Crippen molar-refractivity contribution in [1.82, 2.24) is 5.32 Å². The Morgan fingerprint density at radius 1 is 1.58 bits per heavy atom. The molecule has 0 aromatic heterocycles. The minimum Gasteiger partial charge on any atom is -0.376 e. The van der Waals surface area contributed by atoms with E-state index in [1.165, 1.54) is 6.07 Å². The largest absolute Gasteiger partial charge is 0.376 e. The van der Waals surface area contributed by atoms with Crippen LogP contribution in [-0.4, -0.2) is 29.6 Å². The highest BCUT2D eigenvalue weighted by Gasteiger charge is 2.26. The predicted octanol–water partition coefficient (Wildman–Crippen LogP) is 1.64. The summed E-state index contributed by atoms with van der Waals surface area (Å²) < 4.78 is 18.7. The molecule has 19 heavy (non-hydrogen) atoms. The van der Waals surface area contributed by atoms with Crippen LogP contribution in [-0.2, 0) is 4.74 Å². The fourth-order valence-corrected chi connectivity index (χ4v) is 1.97. The van der Waals surface area contributed by atoms with E-state index in [9.17, 15) is 19.3 Å². The number of ether oxygens (including phenoxy) is 1. The van der Waals surface area contributed by atoms with Gasteiger partial charge in [-0.05, 0) is 25.5 Å². The summed E-state index contributed by atoms with van der Waals surface area (Å²) in [4.78, 5) is 21.5. The molecule has 0 aliphatic carbocycles.